The zero-order valence-corrected chi connectivity index (χ0v) is 24.8. The maximum Gasteiger partial charge on any atom is 0.337 e. The summed E-state index contributed by atoms with van der Waals surface area (Å²) < 4.78 is 26.5. The number of nitrogens with one attached hydrogen (secondary N) is 2. The number of phenolic OH excluding ortho intramolecular Hbond substituents is 1. The number of phenols is 1. The van der Waals surface area contributed by atoms with E-state index >= 15 is 0 Å². The van der Waals surface area contributed by atoms with Crippen LogP contribution in [0.15, 0.2) is 86.7 Å². The van der Waals surface area contributed by atoms with Gasteiger partial charge in [0.25, 0.3) is 0 Å². The molecule has 1 heterocycles. The van der Waals surface area contributed by atoms with Gasteiger partial charge in [0.15, 0.2) is 16.8 Å². The van der Waals surface area contributed by atoms with Crippen molar-refractivity contribution >= 4 is 80.5 Å². The smallest absolute Gasteiger partial charge is 0.337 e. The third-order valence-corrected chi connectivity index (χ3v) is 7.40. The number of carbonyl (C=O) groups is 2. The molecule has 5 rings (SSSR count). The van der Waals surface area contributed by atoms with E-state index in [0.717, 1.165) is 0 Å². The summed E-state index contributed by atoms with van der Waals surface area (Å²) in [4.78, 5) is 34.8. The van der Waals surface area contributed by atoms with Crippen molar-refractivity contribution in [2.24, 2.45) is 10.2 Å². The van der Waals surface area contributed by atoms with Gasteiger partial charge >= 0.3 is 17.9 Å². The summed E-state index contributed by atoms with van der Waals surface area (Å²) in [5.74, 6) is -3.76. The summed E-state index contributed by atoms with van der Waals surface area (Å²) in [5.41, 5.74) is -0.666. The standard InChI is InChI=1S/C27H19N7O11S2/c35-22-20-12(10-19(46-45-44-41)21(22)34-33-17-8-4-2-6-15(17)24(38)39)9-13(47(42)43)11-18(20)29-26-30-25(31-27(40)32-26)28-16-7-3-1-5-14(16)23(36)37/h1-11,35,41H,(H,36,37)(H,38,39)(H,42,43)(H3,28,29,30,31,32,40). The second kappa shape index (κ2) is 14.1. The number of azo groups is 1. The Morgan fingerprint density at radius 2 is 1.47 bits per heavy atom. The quantitative estimate of drug-likeness (QED) is 0.0256. The van der Waals surface area contributed by atoms with Gasteiger partial charge in [0, 0.05) is 5.39 Å². The average molecular weight is 682 g/mol. The fourth-order valence-electron chi connectivity index (χ4n) is 4.21. The van der Waals surface area contributed by atoms with Crippen molar-refractivity contribution in [3.63, 3.8) is 0 Å². The second-order valence-corrected chi connectivity index (χ2v) is 10.7. The van der Waals surface area contributed by atoms with E-state index in [4.69, 9.17) is 5.26 Å². The summed E-state index contributed by atoms with van der Waals surface area (Å²) in [5, 5.41) is 66.5. The average Bonchev–Trinajstić information content (AvgIpc) is 3.03. The van der Waals surface area contributed by atoms with E-state index in [1.807, 2.05) is 0 Å². The Labute approximate surface area is 268 Å². The fraction of sp³-hybridized carbons (Fsp3) is 0. The molecule has 5 aromatic rings. The molecule has 1 unspecified atom stereocenters. The number of anilines is 4. The Bertz CT molecular complexity index is 2080. The lowest BCUT2D eigenvalue weighted by molar-refractivity contribution is -0.432. The SMILES string of the molecule is O=C(O)c1ccccc1N=Nc1c(SOOO)cc2cc(S(=O)O)cc(Nc3nc(O)nc(Nc4ccccc4C(=O)O)n3)c2c1O. The van der Waals surface area contributed by atoms with Crippen molar-refractivity contribution < 1.29 is 53.4 Å². The first-order valence-electron chi connectivity index (χ1n) is 12.7. The zero-order chi connectivity index (χ0) is 33.7. The van der Waals surface area contributed by atoms with Crippen LogP contribution in [0.1, 0.15) is 20.7 Å². The lowest BCUT2D eigenvalue weighted by atomic mass is 10.1. The molecule has 0 aliphatic carbocycles. The van der Waals surface area contributed by atoms with Crippen LogP contribution in [0.25, 0.3) is 10.8 Å². The Kier molecular flexibility index (Phi) is 9.80. The van der Waals surface area contributed by atoms with Gasteiger partial charge in [-0.25, -0.2) is 19.1 Å². The monoisotopic (exact) mass is 681 g/mol. The van der Waals surface area contributed by atoms with E-state index in [2.05, 4.69) is 45.2 Å². The lowest BCUT2D eigenvalue weighted by Gasteiger charge is -2.15. The summed E-state index contributed by atoms with van der Waals surface area (Å²) >= 11 is -2.17. The normalized spacial score (nSPS) is 11.9. The Morgan fingerprint density at radius 3 is 2.13 bits per heavy atom. The molecule has 1 atom stereocenters. The highest BCUT2D eigenvalue weighted by atomic mass is 32.2. The van der Waals surface area contributed by atoms with Gasteiger partial charge in [-0.05, 0) is 47.9 Å². The number of aromatic carboxylic acids is 2. The molecule has 0 amide bonds. The van der Waals surface area contributed by atoms with Crippen LogP contribution in [0.4, 0.5) is 34.6 Å². The molecule has 0 radical (unpaired) electrons. The van der Waals surface area contributed by atoms with Crippen LogP contribution >= 0.6 is 12.0 Å². The molecule has 0 spiro atoms. The fourth-order valence-corrected chi connectivity index (χ4v) is 5.15. The first kappa shape index (κ1) is 32.6. The number of benzene rings is 4. The number of aromatic nitrogens is 3. The minimum Gasteiger partial charge on any atom is -0.505 e. The number of carboxylic acids is 2. The van der Waals surface area contributed by atoms with Gasteiger partial charge in [-0.15, -0.1) is 14.6 Å². The van der Waals surface area contributed by atoms with Gasteiger partial charge in [0.1, 0.15) is 11.4 Å². The van der Waals surface area contributed by atoms with Crippen LogP contribution in [0.2, 0.25) is 0 Å². The molecule has 20 heteroatoms. The number of fused-ring (bicyclic) bond motifs is 1. The molecule has 0 saturated heterocycles. The van der Waals surface area contributed by atoms with Crippen molar-refractivity contribution in [3.05, 3.63) is 77.9 Å². The maximum absolute atomic E-state index is 12.1. The molecule has 18 nitrogen and oxygen atoms in total. The van der Waals surface area contributed by atoms with Gasteiger partial charge in [0.05, 0.1) is 44.3 Å². The zero-order valence-electron chi connectivity index (χ0n) is 23.1. The molecule has 0 aliphatic heterocycles. The molecule has 240 valence electrons. The summed E-state index contributed by atoms with van der Waals surface area (Å²) in [6, 6.07) is 14.5. The highest BCUT2D eigenvalue weighted by Crippen LogP contribution is 2.47. The highest BCUT2D eigenvalue weighted by Gasteiger charge is 2.21. The van der Waals surface area contributed by atoms with Crippen LogP contribution in [-0.4, -0.2) is 61.3 Å². The summed E-state index contributed by atoms with van der Waals surface area (Å²) in [7, 11) is 0. The summed E-state index contributed by atoms with van der Waals surface area (Å²) in [6.07, 6.45) is 0. The Morgan fingerprint density at radius 1 is 0.830 bits per heavy atom. The molecular weight excluding hydrogens is 662 g/mol. The van der Waals surface area contributed by atoms with Crippen LogP contribution in [0.3, 0.4) is 0 Å². The van der Waals surface area contributed by atoms with E-state index in [-0.39, 0.29) is 66.3 Å². The number of aromatic hydroxyl groups is 2. The van der Waals surface area contributed by atoms with Gasteiger partial charge in [-0.3, -0.25) is 0 Å². The van der Waals surface area contributed by atoms with Gasteiger partial charge in [-0.2, -0.15) is 15.0 Å². The van der Waals surface area contributed by atoms with Crippen molar-refractivity contribution in [2.75, 3.05) is 10.6 Å². The molecule has 0 aliphatic rings. The van der Waals surface area contributed by atoms with E-state index in [0.29, 0.717) is 12.0 Å². The Balaban J connectivity index is 1.64. The molecule has 47 heavy (non-hydrogen) atoms. The summed E-state index contributed by atoms with van der Waals surface area (Å²) in [6.45, 7) is 0. The van der Waals surface area contributed by atoms with Gasteiger partial charge in [-0.1, -0.05) is 29.3 Å². The third kappa shape index (κ3) is 7.38. The number of para-hydroxylation sites is 1. The number of rotatable bonds is 12. The van der Waals surface area contributed by atoms with E-state index < -0.39 is 34.8 Å². The van der Waals surface area contributed by atoms with E-state index in [1.54, 1.807) is 6.07 Å². The highest BCUT2D eigenvalue weighted by molar-refractivity contribution is 7.94. The van der Waals surface area contributed by atoms with Crippen LogP contribution in [-0.2, 0) is 20.5 Å². The Hall–Kier alpha value is -5.77. The van der Waals surface area contributed by atoms with Crippen molar-refractivity contribution in [2.45, 2.75) is 9.79 Å². The second-order valence-electron chi connectivity index (χ2n) is 9.02. The first-order chi connectivity index (χ1) is 22.5. The third-order valence-electron chi connectivity index (χ3n) is 6.15. The molecule has 1 aromatic heterocycles. The largest absolute Gasteiger partial charge is 0.505 e. The van der Waals surface area contributed by atoms with Crippen LogP contribution in [0.5, 0.6) is 11.8 Å². The molecule has 4 aromatic carbocycles. The first-order valence-corrected chi connectivity index (χ1v) is 14.5. The van der Waals surface area contributed by atoms with E-state index in [9.17, 15) is 38.8 Å². The lowest BCUT2D eigenvalue weighted by Crippen LogP contribution is -2.07. The van der Waals surface area contributed by atoms with Gasteiger partial charge in [0.2, 0.25) is 11.9 Å². The predicted octanol–water partition coefficient (Wildman–Crippen LogP) is 5.74. The maximum atomic E-state index is 12.1. The topological polar surface area (TPSA) is 278 Å². The molecular formula is C27H19N7O11S2. The molecule has 0 fully saturated rings. The van der Waals surface area contributed by atoms with Crippen LogP contribution in [0, 0.1) is 0 Å². The van der Waals surface area contributed by atoms with E-state index in [1.165, 1.54) is 60.7 Å². The minimum atomic E-state index is -2.55. The predicted molar refractivity (Wildman–Crippen MR) is 164 cm³/mol. The van der Waals surface area contributed by atoms with Crippen LogP contribution < -0.4 is 10.6 Å². The van der Waals surface area contributed by atoms with Crippen molar-refractivity contribution in [3.8, 4) is 11.8 Å². The number of hydrogen-bond donors (Lipinski definition) is 8. The van der Waals surface area contributed by atoms with Gasteiger partial charge < -0.3 is 35.6 Å². The molecule has 8 N–H and O–H groups in total. The minimum absolute atomic E-state index is 0.0335. The number of carboxylic acid groups (broad SMARTS) is 2. The molecule has 0 saturated carbocycles. The van der Waals surface area contributed by atoms with Crippen molar-refractivity contribution in [1.82, 2.24) is 15.0 Å². The number of hydrogen-bond acceptors (Lipinski definition) is 16. The number of nitrogens with zero attached hydrogens (tertiary/aromatic N) is 5. The van der Waals surface area contributed by atoms with Crippen molar-refractivity contribution in [1.29, 1.82) is 0 Å². The molecule has 0 bridgehead atoms.